The van der Waals surface area contributed by atoms with Crippen molar-refractivity contribution in [3.05, 3.63) is 0 Å². The number of carbonyl (C=O) groups excluding carboxylic acids is 1. The van der Waals surface area contributed by atoms with E-state index in [0.29, 0.717) is 25.6 Å². The SMILES string of the molecule is CC1CN(C(=O)CN2CCC(CO)CC2)CCO1. The van der Waals surface area contributed by atoms with Gasteiger partial charge in [0.05, 0.1) is 19.3 Å². The molecule has 1 atom stereocenters. The topological polar surface area (TPSA) is 53.0 Å². The lowest BCUT2D eigenvalue weighted by atomic mass is 9.98. The molecule has 104 valence electrons. The molecule has 2 heterocycles. The minimum Gasteiger partial charge on any atom is -0.396 e. The Morgan fingerprint density at radius 1 is 1.33 bits per heavy atom. The smallest absolute Gasteiger partial charge is 0.236 e. The summed E-state index contributed by atoms with van der Waals surface area (Å²) >= 11 is 0. The highest BCUT2D eigenvalue weighted by molar-refractivity contribution is 5.78. The number of nitrogens with zero attached hydrogens (tertiary/aromatic N) is 2. The Kier molecular flexibility index (Phi) is 4.97. The highest BCUT2D eigenvalue weighted by Crippen LogP contribution is 2.16. The van der Waals surface area contributed by atoms with Crippen LogP contribution in [0.15, 0.2) is 0 Å². The minimum atomic E-state index is 0.155. The first kappa shape index (κ1) is 13.8. The molecule has 0 spiro atoms. The number of morpholine rings is 1. The maximum absolute atomic E-state index is 12.1. The molecular formula is C13H24N2O3. The Morgan fingerprint density at radius 3 is 2.67 bits per heavy atom. The number of amides is 1. The molecule has 1 unspecified atom stereocenters. The van der Waals surface area contributed by atoms with Crippen molar-refractivity contribution in [2.75, 3.05) is 45.9 Å². The van der Waals surface area contributed by atoms with Gasteiger partial charge in [0.2, 0.25) is 5.91 Å². The first-order valence-electron chi connectivity index (χ1n) is 6.91. The molecule has 2 rings (SSSR count). The monoisotopic (exact) mass is 256 g/mol. The summed E-state index contributed by atoms with van der Waals surface area (Å²) in [5.41, 5.74) is 0. The lowest BCUT2D eigenvalue weighted by Gasteiger charge is -2.35. The molecular weight excluding hydrogens is 232 g/mol. The molecule has 2 saturated heterocycles. The van der Waals surface area contributed by atoms with Gasteiger partial charge in [-0.2, -0.15) is 0 Å². The van der Waals surface area contributed by atoms with Gasteiger partial charge in [0, 0.05) is 19.7 Å². The molecule has 5 heteroatoms. The first-order valence-corrected chi connectivity index (χ1v) is 6.91. The maximum atomic E-state index is 12.1. The zero-order valence-electron chi connectivity index (χ0n) is 11.2. The van der Waals surface area contributed by atoms with E-state index in [-0.39, 0.29) is 18.6 Å². The van der Waals surface area contributed by atoms with Crippen LogP contribution in [0.3, 0.4) is 0 Å². The van der Waals surface area contributed by atoms with Crippen molar-refractivity contribution in [2.45, 2.75) is 25.9 Å². The number of rotatable bonds is 3. The van der Waals surface area contributed by atoms with Gasteiger partial charge < -0.3 is 14.7 Å². The molecule has 5 nitrogen and oxygen atoms in total. The molecule has 0 aromatic heterocycles. The summed E-state index contributed by atoms with van der Waals surface area (Å²) < 4.78 is 5.44. The Bertz CT molecular complexity index is 277. The number of aliphatic hydroxyl groups is 1. The first-order chi connectivity index (χ1) is 8.69. The van der Waals surface area contributed by atoms with Gasteiger partial charge in [-0.15, -0.1) is 0 Å². The van der Waals surface area contributed by atoms with Crippen LogP contribution >= 0.6 is 0 Å². The predicted molar refractivity (Wildman–Crippen MR) is 68.2 cm³/mol. The van der Waals surface area contributed by atoms with E-state index in [1.165, 1.54) is 0 Å². The van der Waals surface area contributed by atoms with Gasteiger partial charge in [-0.1, -0.05) is 0 Å². The third-order valence-corrected chi connectivity index (χ3v) is 3.92. The van der Waals surface area contributed by atoms with Crippen molar-refractivity contribution < 1.29 is 14.6 Å². The molecule has 0 saturated carbocycles. The van der Waals surface area contributed by atoms with Crippen molar-refractivity contribution in [1.29, 1.82) is 0 Å². The average Bonchev–Trinajstić information content (AvgIpc) is 2.39. The zero-order chi connectivity index (χ0) is 13.0. The quantitative estimate of drug-likeness (QED) is 0.768. The molecule has 0 aromatic rings. The second-order valence-electron chi connectivity index (χ2n) is 5.42. The normalized spacial score (nSPS) is 27.4. The lowest BCUT2D eigenvalue weighted by Crippen LogP contribution is -2.49. The molecule has 0 aromatic carbocycles. The van der Waals surface area contributed by atoms with Gasteiger partial charge in [0.25, 0.3) is 0 Å². The molecule has 18 heavy (non-hydrogen) atoms. The molecule has 1 N–H and O–H groups in total. The summed E-state index contributed by atoms with van der Waals surface area (Å²) in [6.45, 7) is 6.75. The number of aliphatic hydroxyl groups excluding tert-OH is 1. The van der Waals surface area contributed by atoms with Crippen LogP contribution in [-0.2, 0) is 9.53 Å². The summed E-state index contributed by atoms with van der Waals surface area (Å²) in [6.07, 6.45) is 2.16. The predicted octanol–water partition coefficient (Wildman–Crippen LogP) is -0.0620. The van der Waals surface area contributed by atoms with Crippen LogP contribution in [0, 0.1) is 5.92 Å². The lowest BCUT2D eigenvalue weighted by molar-refractivity contribution is -0.139. The van der Waals surface area contributed by atoms with Crippen LogP contribution < -0.4 is 0 Å². The van der Waals surface area contributed by atoms with Gasteiger partial charge in [-0.3, -0.25) is 9.69 Å². The molecule has 1 amide bonds. The average molecular weight is 256 g/mol. The van der Waals surface area contributed by atoms with E-state index in [9.17, 15) is 4.79 Å². The third-order valence-electron chi connectivity index (χ3n) is 3.92. The number of piperidine rings is 1. The third kappa shape index (κ3) is 3.67. The Labute approximate surface area is 109 Å². The molecule has 2 fully saturated rings. The van der Waals surface area contributed by atoms with E-state index in [2.05, 4.69) is 4.90 Å². The van der Waals surface area contributed by atoms with Crippen molar-refractivity contribution in [2.24, 2.45) is 5.92 Å². The van der Waals surface area contributed by atoms with Crippen molar-refractivity contribution in [3.8, 4) is 0 Å². The second-order valence-corrected chi connectivity index (χ2v) is 5.42. The standard InChI is InChI=1S/C13H24N2O3/c1-11-8-15(6-7-18-11)13(17)9-14-4-2-12(10-16)3-5-14/h11-12,16H,2-10H2,1H3. The molecule has 2 aliphatic rings. The fourth-order valence-electron chi connectivity index (χ4n) is 2.66. The highest BCUT2D eigenvalue weighted by atomic mass is 16.5. The second kappa shape index (κ2) is 6.50. The molecule has 0 aliphatic carbocycles. The van der Waals surface area contributed by atoms with Gasteiger partial charge in [0.15, 0.2) is 0 Å². The van der Waals surface area contributed by atoms with Crippen LogP contribution in [0.5, 0.6) is 0 Å². The minimum absolute atomic E-state index is 0.155. The Hall–Kier alpha value is -0.650. The van der Waals surface area contributed by atoms with E-state index in [0.717, 1.165) is 32.5 Å². The molecule has 2 aliphatic heterocycles. The van der Waals surface area contributed by atoms with Gasteiger partial charge in [-0.05, 0) is 38.8 Å². The van der Waals surface area contributed by atoms with E-state index >= 15 is 0 Å². The number of carbonyl (C=O) groups is 1. The van der Waals surface area contributed by atoms with E-state index in [4.69, 9.17) is 9.84 Å². The number of ether oxygens (including phenoxy) is 1. The fraction of sp³-hybridized carbons (Fsp3) is 0.923. The van der Waals surface area contributed by atoms with Gasteiger partial charge in [-0.25, -0.2) is 0 Å². The number of hydrogen-bond donors (Lipinski definition) is 1. The summed E-state index contributed by atoms with van der Waals surface area (Å²) in [7, 11) is 0. The zero-order valence-corrected chi connectivity index (χ0v) is 11.2. The van der Waals surface area contributed by atoms with Crippen LogP contribution in [0.2, 0.25) is 0 Å². The van der Waals surface area contributed by atoms with Crippen molar-refractivity contribution >= 4 is 5.91 Å². The molecule has 0 radical (unpaired) electrons. The number of hydrogen-bond acceptors (Lipinski definition) is 4. The van der Waals surface area contributed by atoms with E-state index < -0.39 is 0 Å². The highest BCUT2D eigenvalue weighted by Gasteiger charge is 2.25. The summed E-state index contributed by atoms with van der Waals surface area (Å²) in [5, 5.41) is 9.08. The summed E-state index contributed by atoms with van der Waals surface area (Å²) in [5.74, 6) is 0.646. The van der Waals surface area contributed by atoms with E-state index in [1.807, 2.05) is 11.8 Å². The van der Waals surface area contributed by atoms with Crippen LogP contribution in [0.1, 0.15) is 19.8 Å². The molecule has 0 bridgehead atoms. The van der Waals surface area contributed by atoms with Crippen LogP contribution in [0.25, 0.3) is 0 Å². The van der Waals surface area contributed by atoms with Crippen molar-refractivity contribution in [1.82, 2.24) is 9.80 Å². The summed E-state index contributed by atoms with van der Waals surface area (Å²) in [6, 6.07) is 0. The maximum Gasteiger partial charge on any atom is 0.236 e. The summed E-state index contributed by atoms with van der Waals surface area (Å²) in [4.78, 5) is 16.3. The van der Waals surface area contributed by atoms with E-state index in [1.54, 1.807) is 0 Å². The van der Waals surface area contributed by atoms with Gasteiger partial charge in [0.1, 0.15) is 0 Å². The Balaban J connectivity index is 1.74. The number of likely N-dealkylation sites (tertiary alicyclic amines) is 1. The van der Waals surface area contributed by atoms with Crippen LogP contribution in [0.4, 0.5) is 0 Å². The van der Waals surface area contributed by atoms with Crippen LogP contribution in [-0.4, -0.2) is 72.9 Å². The van der Waals surface area contributed by atoms with Crippen molar-refractivity contribution in [3.63, 3.8) is 0 Å². The van der Waals surface area contributed by atoms with Gasteiger partial charge >= 0.3 is 0 Å². The fourth-order valence-corrected chi connectivity index (χ4v) is 2.66. The largest absolute Gasteiger partial charge is 0.396 e. The Morgan fingerprint density at radius 2 is 2.06 bits per heavy atom.